The van der Waals surface area contributed by atoms with E-state index in [1.54, 1.807) is 13.8 Å². The lowest BCUT2D eigenvalue weighted by Gasteiger charge is -2.30. The van der Waals surface area contributed by atoms with Crippen LogP contribution in [0.15, 0.2) is 30.3 Å². The molecule has 0 fully saturated rings. The molecule has 0 saturated heterocycles. The zero-order valence-electron chi connectivity index (χ0n) is 13.3. The first-order valence-electron chi connectivity index (χ1n) is 7.26. The minimum absolute atomic E-state index is 0.132. The quantitative estimate of drug-likeness (QED) is 0.771. The Bertz CT molecular complexity index is 502. The zero-order valence-corrected chi connectivity index (χ0v) is 13.3. The molecule has 6 heteroatoms. The fraction of sp³-hybridized carbons (Fsp3) is 0.500. The van der Waals surface area contributed by atoms with Gasteiger partial charge in [-0.15, -0.1) is 0 Å². The van der Waals surface area contributed by atoms with E-state index in [0.717, 1.165) is 10.6 Å². The van der Waals surface area contributed by atoms with Crippen molar-refractivity contribution in [3.8, 4) is 0 Å². The molecule has 1 amide bonds. The Morgan fingerprint density at radius 3 is 2.41 bits per heavy atom. The molecule has 122 valence electrons. The van der Waals surface area contributed by atoms with E-state index in [0.29, 0.717) is 6.42 Å². The van der Waals surface area contributed by atoms with Gasteiger partial charge in [0.1, 0.15) is 6.04 Å². The van der Waals surface area contributed by atoms with Crippen LogP contribution in [-0.4, -0.2) is 34.7 Å². The minimum Gasteiger partial charge on any atom is -0.394 e. The van der Waals surface area contributed by atoms with Crippen LogP contribution in [0.2, 0.25) is 0 Å². The third-order valence-electron chi connectivity index (χ3n) is 3.56. The first kappa shape index (κ1) is 18.1. The normalized spacial score (nSPS) is 12.6. The fourth-order valence-electron chi connectivity index (χ4n) is 1.63. The van der Waals surface area contributed by atoms with E-state index in [1.807, 2.05) is 37.3 Å². The van der Waals surface area contributed by atoms with Crippen molar-refractivity contribution in [2.45, 2.75) is 39.8 Å². The van der Waals surface area contributed by atoms with Crippen molar-refractivity contribution in [3.63, 3.8) is 0 Å². The highest BCUT2D eigenvalue weighted by Crippen LogP contribution is 2.24. The van der Waals surface area contributed by atoms with Gasteiger partial charge in [0, 0.05) is 5.41 Å². The standard InChI is InChI=1S/C16H24N2O4/c1-4-16(2,3)15(21)18(22-14(20)13(17)11-19)10-12-8-6-5-7-9-12/h5-9,13,19H,4,10-11,17H2,1-3H3/t13-/m0/s1. The number of aliphatic hydroxyl groups is 1. The lowest BCUT2D eigenvalue weighted by atomic mass is 9.89. The SMILES string of the molecule is CCC(C)(C)C(=O)N(Cc1ccccc1)OC(=O)[C@@H](N)CO. The molecule has 1 atom stereocenters. The number of carbonyl (C=O) groups is 2. The Morgan fingerprint density at radius 1 is 1.32 bits per heavy atom. The Kier molecular flexibility index (Phi) is 6.52. The zero-order chi connectivity index (χ0) is 16.8. The van der Waals surface area contributed by atoms with Crippen LogP contribution < -0.4 is 5.73 Å². The Hall–Kier alpha value is -1.92. The van der Waals surface area contributed by atoms with Crippen molar-refractivity contribution >= 4 is 11.9 Å². The second kappa shape index (κ2) is 7.91. The number of carbonyl (C=O) groups excluding carboxylic acids is 2. The van der Waals surface area contributed by atoms with Crippen LogP contribution in [-0.2, 0) is 21.0 Å². The monoisotopic (exact) mass is 308 g/mol. The Balaban J connectivity index is 2.95. The number of aliphatic hydroxyl groups excluding tert-OH is 1. The van der Waals surface area contributed by atoms with E-state index >= 15 is 0 Å². The molecule has 0 bridgehead atoms. The first-order chi connectivity index (χ1) is 10.3. The molecule has 1 rings (SSSR count). The van der Waals surface area contributed by atoms with Crippen LogP contribution in [0.1, 0.15) is 32.8 Å². The lowest BCUT2D eigenvalue weighted by molar-refractivity contribution is -0.208. The van der Waals surface area contributed by atoms with Gasteiger partial charge in [-0.1, -0.05) is 51.1 Å². The van der Waals surface area contributed by atoms with Crippen molar-refractivity contribution < 1.29 is 19.5 Å². The summed E-state index contributed by atoms with van der Waals surface area (Å²) in [5.41, 5.74) is 5.60. The summed E-state index contributed by atoms with van der Waals surface area (Å²) in [7, 11) is 0. The molecule has 0 heterocycles. The predicted molar refractivity (Wildman–Crippen MR) is 82.2 cm³/mol. The van der Waals surface area contributed by atoms with Gasteiger partial charge in [0.25, 0.3) is 5.91 Å². The third-order valence-corrected chi connectivity index (χ3v) is 3.56. The number of benzene rings is 1. The van der Waals surface area contributed by atoms with E-state index in [9.17, 15) is 9.59 Å². The van der Waals surface area contributed by atoms with Crippen molar-refractivity contribution in [1.82, 2.24) is 5.06 Å². The highest BCUT2D eigenvalue weighted by Gasteiger charge is 2.33. The van der Waals surface area contributed by atoms with Gasteiger partial charge in [0.15, 0.2) is 0 Å². The maximum Gasteiger partial charge on any atom is 0.351 e. The van der Waals surface area contributed by atoms with Crippen LogP contribution in [0, 0.1) is 5.41 Å². The molecule has 0 aliphatic heterocycles. The Labute approximate surface area is 130 Å². The molecule has 0 aliphatic carbocycles. The number of rotatable bonds is 6. The summed E-state index contributed by atoms with van der Waals surface area (Å²) < 4.78 is 0. The summed E-state index contributed by atoms with van der Waals surface area (Å²) in [5.74, 6) is -1.14. The molecule has 0 radical (unpaired) electrons. The molecule has 6 nitrogen and oxygen atoms in total. The molecule has 0 saturated carbocycles. The predicted octanol–water partition coefficient (Wildman–Crippen LogP) is 1.23. The van der Waals surface area contributed by atoms with Gasteiger partial charge in [0.2, 0.25) is 0 Å². The van der Waals surface area contributed by atoms with Gasteiger partial charge in [-0.25, -0.2) is 4.79 Å². The summed E-state index contributed by atoms with van der Waals surface area (Å²) in [6.45, 7) is 5.05. The van der Waals surface area contributed by atoms with Crippen LogP contribution in [0.4, 0.5) is 0 Å². The molecule has 22 heavy (non-hydrogen) atoms. The van der Waals surface area contributed by atoms with Crippen molar-refractivity contribution in [2.75, 3.05) is 6.61 Å². The van der Waals surface area contributed by atoms with Gasteiger partial charge in [0.05, 0.1) is 13.2 Å². The number of nitrogens with zero attached hydrogens (tertiary/aromatic N) is 1. The second-order valence-corrected chi connectivity index (χ2v) is 5.76. The van der Waals surface area contributed by atoms with E-state index < -0.39 is 24.0 Å². The van der Waals surface area contributed by atoms with E-state index in [4.69, 9.17) is 15.7 Å². The number of hydrogen-bond acceptors (Lipinski definition) is 5. The molecule has 0 aromatic heterocycles. The maximum absolute atomic E-state index is 12.6. The average molecular weight is 308 g/mol. The van der Waals surface area contributed by atoms with Crippen LogP contribution in [0.25, 0.3) is 0 Å². The van der Waals surface area contributed by atoms with Crippen LogP contribution >= 0.6 is 0 Å². The maximum atomic E-state index is 12.6. The number of hydrogen-bond donors (Lipinski definition) is 2. The van der Waals surface area contributed by atoms with E-state index in [1.165, 1.54) is 0 Å². The Morgan fingerprint density at radius 2 is 1.91 bits per heavy atom. The van der Waals surface area contributed by atoms with Crippen molar-refractivity contribution in [2.24, 2.45) is 11.1 Å². The van der Waals surface area contributed by atoms with Gasteiger partial charge in [-0.2, -0.15) is 5.06 Å². The minimum atomic E-state index is -1.17. The summed E-state index contributed by atoms with van der Waals surface area (Å²) in [4.78, 5) is 29.5. The van der Waals surface area contributed by atoms with Gasteiger partial charge in [-0.05, 0) is 12.0 Å². The molecule has 0 spiro atoms. The number of amides is 1. The van der Waals surface area contributed by atoms with Crippen molar-refractivity contribution in [3.05, 3.63) is 35.9 Å². The van der Waals surface area contributed by atoms with Gasteiger partial charge < -0.3 is 15.7 Å². The highest BCUT2D eigenvalue weighted by atomic mass is 16.7. The summed E-state index contributed by atoms with van der Waals surface area (Å²) in [6.07, 6.45) is 0.598. The van der Waals surface area contributed by atoms with Crippen LogP contribution in [0.5, 0.6) is 0 Å². The van der Waals surface area contributed by atoms with Gasteiger partial charge in [-0.3, -0.25) is 4.79 Å². The number of nitrogens with two attached hydrogens (primary N) is 1. The molecule has 1 aromatic carbocycles. The summed E-state index contributed by atoms with van der Waals surface area (Å²) >= 11 is 0. The molecular formula is C16H24N2O4. The van der Waals surface area contributed by atoms with Crippen molar-refractivity contribution in [1.29, 1.82) is 0 Å². The van der Waals surface area contributed by atoms with Gasteiger partial charge >= 0.3 is 5.97 Å². The highest BCUT2D eigenvalue weighted by molar-refractivity contribution is 5.83. The molecule has 3 N–H and O–H groups in total. The fourth-order valence-corrected chi connectivity index (χ4v) is 1.63. The summed E-state index contributed by atoms with van der Waals surface area (Å²) in [5, 5.41) is 9.95. The van der Waals surface area contributed by atoms with Crippen LogP contribution in [0.3, 0.4) is 0 Å². The second-order valence-electron chi connectivity index (χ2n) is 5.76. The van der Waals surface area contributed by atoms with E-state index in [2.05, 4.69) is 0 Å². The van der Waals surface area contributed by atoms with E-state index in [-0.39, 0.29) is 12.5 Å². The lowest BCUT2D eigenvalue weighted by Crippen LogP contribution is -2.45. The molecular weight excluding hydrogens is 284 g/mol. The summed E-state index contributed by atoms with van der Waals surface area (Å²) in [6, 6.07) is 8.03. The molecule has 0 unspecified atom stereocenters. The third kappa shape index (κ3) is 4.82. The first-order valence-corrected chi connectivity index (χ1v) is 7.26. The number of hydroxylamine groups is 2. The average Bonchev–Trinajstić information content (AvgIpc) is 2.53. The smallest absolute Gasteiger partial charge is 0.351 e. The largest absolute Gasteiger partial charge is 0.394 e. The topological polar surface area (TPSA) is 92.9 Å². The molecule has 0 aliphatic rings. The molecule has 1 aromatic rings.